The van der Waals surface area contributed by atoms with Crippen LogP contribution in [0.15, 0.2) is 36.4 Å². The minimum Gasteiger partial charge on any atom is -0.478 e. The van der Waals surface area contributed by atoms with Gasteiger partial charge in [-0.2, -0.15) is 4.98 Å². The van der Waals surface area contributed by atoms with Gasteiger partial charge in [0.1, 0.15) is 5.82 Å². The number of nitrogens with one attached hydrogen (secondary N) is 1. The highest BCUT2D eigenvalue weighted by Gasteiger charge is 2.20. The zero-order valence-corrected chi connectivity index (χ0v) is 12.3. The zero-order valence-electron chi connectivity index (χ0n) is 12.3. The Morgan fingerprint density at radius 3 is 3.10 bits per heavy atom. The third-order valence-corrected chi connectivity index (χ3v) is 3.82. The molecule has 0 bridgehead atoms. The summed E-state index contributed by atoms with van der Waals surface area (Å²) in [6, 6.07) is 12.3. The van der Waals surface area contributed by atoms with Gasteiger partial charge >= 0.3 is 0 Å². The minimum absolute atomic E-state index is 0.290. The Bertz CT molecular complexity index is 627. The molecule has 0 amide bonds. The van der Waals surface area contributed by atoms with Gasteiger partial charge < -0.3 is 15.8 Å². The fraction of sp³-hybridized carbons (Fsp3) is 0.353. The van der Waals surface area contributed by atoms with Crippen LogP contribution in [0.5, 0.6) is 5.88 Å². The Balaban J connectivity index is 1.81. The monoisotopic (exact) mass is 283 g/mol. The fourth-order valence-electron chi connectivity index (χ4n) is 2.89. The van der Waals surface area contributed by atoms with Crippen molar-refractivity contribution < 1.29 is 4.74 Å². The number of aromatic nitrogens is 1. The topological polar surface area (TPSA) is 60.2 Å². The summed E-state index contributed by atoms with van der Waals surface area (Å²) < 4.78 is 5.45. The second-order valence-electron chi connectivity index (χ2n) is 5.34. The molecule has 1 aromatic heterocycles. The SMILES string of the molecule is CCOc1cccc(NC2CCCc3cc(N)ccc32)n1. The van der Waals surface area contributed by atoms with E-state index in [0.717, 1.165) is 24.3 Å². The number of ether oxygens (including phenoxy) is 1. The first-order chi connectivity index (χ1) is 10.3. The minimum atomic E-state index is 0.290. The Labute approximate surface area is 125 Å². The van der Waals surface area contributed by atoms with Crippen LogP contribution in [0, 0.1) is 0 Å². The molecule has 1 aliphatic rings. The van der Waals surface area contributed by atoms with Crippen LogP contribution in [0.3, 0.4) is 0 Å². The van der Waals surface area contributed by atoms with Crippen LogP contribution in [0.1, 0.15) is 36.9 Å². The molecule has 21 heavy (non-hydrogen) atoms. The second kappa shape index (κ2) is 6.04. The number of pyridine rings is 1. The van der Waals surface area contributed by atoms with Gasteiger partial charge in [0.2, 0.25) is 5.88 Å². The van der Waals surface area contributed by atoms with Gasteiger partial charge in [-0.05, 0) is 55.5 Å². The van der Waals surface area contributed by atoms with E-state index in [0.29, 0.717) is 18.5 Å². The van der Waals surface area contributed by atoms with E-state index in [9.17, 15) is 0 Å². The molecular weight excluding hydrogens is 262 g/mol. The second-order valence-corrected chi connectivity index (χ2v) is 5.34. The van der Waals surface area contributed by atoms with Crippen LogP contribution in [0.25, 0.3) is 0 Å². The van der Waals surface area contributed by atoms with Gasteiger partial charge in [0.05, 0.1) is 12.6 Å². The molecule has 0 aliphatic heterocycles. The molecule has 1 atom stereocenters. The molecule has 1 aromatic carbocycles. The summed E-state index contributed by atoms with van der Waals surface area (Å²) in [5.74, 6) is 1.52. The lowest BCUT2D eigenvalue weighted by Gasteiger charge is -2.27. The van der Waals surface area contributed by atoms with E-state index in [2.05, 4.69) is 22.4 Å². The molecule has 4 heteroatoms. The van der Waals surface area contributed by atoms with E-state index in [1.165, 1.54) is 17.5 Å². The van der Waals surface area contributed by atoms with Gasteiger partial charge in [-0.3, -0.25) is 0 Å². The number of benzene rings is 1. The molecule has 4 nitrogen and oxygen atoms in total. The van der Waals surface area contributed by atoms with Gasteiger partial charge in [-0.25, -0.2) is 0 Å². The summed E-state index contributed by atoms with van der Waals surface area (Å²) in [4.78, 5) is 4.49. The van der Waals surface area contributed by atoms with Crippen molar-refractivity contribution in [2.45, 2.75) is 32.2 Å². The molecule has 2 aromatic rings. The molecule has 1 heterocycles. The van der Waals surface area contributed by atoms with Gasteiger partial charge in [0.25, 0.3) is 0 Å². The van der Waals surface area contributed by atoms with E-state index in [1.807, 2.05) is 31.2 Å². The van der Waals surface area contributed by atoms with E-state index < -0.39 is 0 Å². The van der Waals surface area contributed by atoms with E-state index in [4.69, 9.17) is 10.5 Å². The van der Waals surface area contributed by atoms with Crippen LogP contribution in [-0.2, 0) is 6.42 Å². The summed E-state index contributed by atoms with van der Waals surface area (Å²) in [6.45, 7) is 2.59. The van der Waals surface area contributed by atoms with E-state index >= 15 is 0 Å². The highest BCUT2D eigenvalue weighted by atomic mass is 16.5. The van der Waals surface area contributed by atoms with E-state index in [-0.39, 0.29) is 0 Å². The number of nitrogen functional groups attached to an aromatic ring is 1. The maximum absolute atomic E-state index is 5.88. The molecule has 3 N–H and O–H groups in total. The fourth-order valence-corrected chi connectivity index (χ4v) is 2.89. The quantitative estimate of drug-likeness (QED) is 0.842. The number of anilines is 2. The number of nitrogens with zero attached hydrogens (tertiary/aromatic N) is 1. The number of fused-ring (bicyclic) bond motifs is 1. The first kappa shape index (κ1) is 13.7. The molecule has 0 saturated heterocycles. The molecule has 0 radical (unpaired) electrons. The molecule has 0 fully saturated rings. The average Bonchev–Trinajstić information content (AvgIpc) is 2.48. The van der Waals surface area contributed by atoms with E-state index in [1.54, 1.807) is 0 Å². The van der Waals surface area contributed by atoms with Crippen LogP contribution in [-0.4, -0.2) is 11.6 Å². The van der Waals surface area contributed by atoms with Gasteiger partial charge in [0, 0.05) is 11.8 Å². The number of hydrogen-bond acceptors (Lipinski definition) is 4. The number of hydrogen-bond donors (Lipinski definition) is 2. The third kappa shape index (κ3) is 3.10. The van der Waals surface area contributed by atoms with Crippen molar-refractivity contribution >= 4 is 11.5 Å². The van der Waals surface area contributed by atoms with Crippen molar-refractivity contribution in [3.8, 4) is 5.88 Å². The summed E-state index contributed by atoms with van der Waals surface area (Å²) in [5.41, 5.74) is 9.40. The molecule has 1 aliphatic carbocycles. The normalized spacial score (nSPS) is 17.1. The first-order valence-electron chi connectivity index (χ1n) is 7.51. The summed E-state index contributed by atoms with van der Waals surface area (Å²) in [7, 11) is 0. The lowest BCUT2D eigenvalue weighted by Crippen LogP contribution is -2.18. The molecule has 1 unspecified atom stereocenters. The van der Waals surface area contributed by atoms with Crippen LogP contribution in [0.2, 0.25) is 0 Å². The maximum atomic E-state index is 5.88. The van der Waals surface area contributed by atoms with Crippen molar-refractivity contribution in [2.24, 2.45) is 0 Å². The Hall–Kier alpha value is -2.23. The summed E-state index contributed by atoms with van der Waals surface area (Å²) in [5, 5.41) is 3.52. The van der Waals surface area contributed by atoms with Crippen LogP contribution < -0.4 is 15.8 Å². The van der Waals surface area contributed by atoms with Gasteiger partial charge in [-0.1, -0.05) is 12.1 Å². The number of rotatable bonds is 4. The Kier molecular flexibility index (Phi) is 3.95. The Morgan fingerprint density at radius 1 is 1.33 bits per heavy atom. The lowest BCUT2D eigenvalue weighted by molar-refractivity contribution is 0.327. The summed E-state index contributed by atoms with van der Waals surface area (Å²) >= 11 is 0. The van der Waals surface area contributed by atoms with Crippen molar-refractivity contribution in [2.75, 3.05) is 17.7 Å². The van der Waals surface area contributed by atoms with Crippen LogP contribution >= 0.6 is 0 Å². The van der Waals surface area contributed by atoms with Crippen molar-refractivity contribution in [3.63, 3.8) is 0 Å². The first-order valence-corrected chi connectivity index (χ1v) is 7.51. The Morgan fingerprint density at radius 2 is 2.24 bits per heavy atom. The van der Waals surface area contributed by atoms with Crippen LogP contribution in [0.4, 0.5) is 11.5 Å². The third-order valence-electron chi connectivity index (χ3n) is 3.82. The number of aryl methyl sites for hydroxylation is 1. The largest absolute Gasteiger partial charge is 0.478 e. The predicted molar refractivity (Wildman–Crippen MR) is 85.6 cm³/mol. The van der Waals surface area contributed by atoms with Gasteiger partial charge in [0.15, 0.2) is 0 Å². The van der Waals surface area contributed by atoms with Crippen molar-refractivity contribution in [3.05, 3.63) is 47.5 Å². The molecule has 3 rings (SSSR count). The van der Waals surface area contributed by atoms with Crippen molar-refractivity contribution in [1.82, 2.24) is 4.98 Å². The maximum Gasteiger partial charge on any atom is 0.215 e. The standard InChI is InChI=1S/C17H21N3O/c1-2-21-17-8-4-7-16(20-17)19-15-6-3-5-12-11-13(18)9-10-14(12)15/h4,7-11,15H,2-3,5-6,18H2,1H3,(H,19,20). The van der Waals surface area contributed by atoms with Gasteiger partial charge in [-0.15, -0.1) is 0 Å². The molecule has 0 saturated carbocycles. The molecule has 0 spiro atoms. The highest BCUT2D eigenvalue weighted by Crippen LogP contribution is 2.33. The highest BCUT2D eigenvalue weighted by molar-refractivity contribution is 5.49. The average molecular weight is 283 g/mol. The zero-order chi connectivity index (χ0) is 14.7. The predicted octanol–water partition coefficient (Wildman–Crippen LogP) is 3.55. The molecular formula is C17H21N3O. The molecule has 110 valence electrons. The number of nitrogens with two attached hydrogens (primary N) is 1. The van der Waals surface area contributed by atoms with Crippen molar-refractivity contribution in [1.29, 1.82) is 0 Å². The smallest absolute Gasteiger partial charge is 0.215 e. The lowest BCUT2D eigenvalue weighted by atomic mass is 9.87. The summed E-state index contributed by atoms with van der Waals surface area (Å²) in [6.07, 6.45) is 3.38.